The molecule has 1 fully saturated rings. The van der Waals surface area contributed by atoms with Crippen LogP contribution >= 0.6 is 0 Å². The molecule has 2 aliphatic rings. The molecule has 0 aliphatic heterocycles. The molecule has 90 valence electrons. The molecule has 0 heterocycles. The molecule has 1 aromatic carbocycles. The van der Waals surface area contributed by atoms with Crippen LogP contribution in [0.4, 0.5) is 0 Å². The van der Waals surface area contributed by atoms with Crippen LogP contribution in [0, 0.1) is 5.92 Å². The minimum atomic E-state index is -0.651. The lowest BCUT2D eigenvalue weighted by Gasteiger charge is -2.39. The first-order chi connectivity index (χ1) is 8.27. The maximum Gasteiger partial charge on any atom is 0.310 e. The summed E-state index contributed by atoms with van der Waals surface area (Å²) in [5.41, 5.74) is 2.39. The van der Waals surface area contributed by atoms with Gasteiger partial charge in [-0.25, -0.2) is 0 Å². The molecular weight excluding hydrogens is 212 g/mol. The number of aliphatic carboxylic acids is 1. The van der Waals surface area contributed by atoms with Crippen LogP contribution < -0.4 is 0 Å². The van der Waals surface area contributed by atoms with Gasteiger partial charge in [-0.2, -0.15) is 0 Å². The Kier molecular flexibility index (Phi) is 2.65. The predicted molar refractivity (Wildman–Crippen MR) is 66.1 cm³/mol. The first-order valence-electron chi connectivity index (χ1n) is 6.59. The van der Waals surface area contributed by atoms with E-state index in [-0.39, 0.29) is 5.92 Å². The predicted octanol–water partition coefficient (Wildman–Crippen LogP) is 3.53. The summed E-state index contributed by atoms with van der Waals surface area (Å²) in [4.78, 5) is 11.4. The number of benzene rings is 1. The first kappa shape index (κ1) is 10.8. The second kappa shape index (κ2) is 4.17. The lowest BCUT2D eigenvalue weighted by molar-refractivity contribution is -0.139. The van der Waals surface area contributed by atoms with Crippen molar-refractivity contribution in [3.8, 4) is 0 Å². The molecule has 0 bridgehead atoms. The topological polar surface area (TPSA) is 37.3 Å². The number of fused-ring (bicyclic) bond motifs is 3. The quantitative estimate of drug-likeness (QED) is 0.801. The monoisotopic (exact) mass is 230 g/mol. The van der Waals surface area contributed by atoms with Gasteiger partial charge < -0.3 is 5.11 Å². The maximum absolute atomic E-state index is 11.4. The van der Waals surface area contributed by atoms with Crippen molar-refractivity contribution in [2.45, 2.75) is 43.9 Å². The molecule has 2 nitrogen and oxygen atoms in total. The van der Waals surface area contributed by atoms with Gasteiger partial charge in [0, 0.05) is 0 Å². The Morgan fingerprint density at radius 3 is 2.59 bits per heavy atom. The Morgan fingerprint density at radius 1 is 1.12 bits per heavy atom. The average Bonchev–Trinajstić information content (AvgIpc) is 2.37. The summed E-state index contributed by atoms with van der Waals surface area (Å²) >= 11 is 0. The highest BCUT2D eigenvalue weighted by atomic mass is 16.4. The summed E-state index contributed by atoms with van der Waals surface area (Å²) in [7, 11) is 0. The minimum absolute atomic E-state index is 0.273. The van der Waals surface area contributed by atoms with Crippen molar-refractivity contribution in [2.75, 3.05) is 0 Å². The third-order valence-corrected chi connectivity index (χ3v) is 4.52. The molecule has 3 rings (SSSR count). The van der Waals surface area contributed by atoms with Crippen LogP contribution in [0.2, 0.25) is 0 Å². The van der Waals surface area contributed by atoms with E-state index in [1.807, 2.05) is 12.1 Å². The van der Waals surface area contributed by atoms with Crippen molar-refractivity contribution in [3.05, 3.63) is 35.4 Å². The Labute approximate surface area is 102 Å². The summed E-state index contributed by atoms with van der Waals surface area (Å²) in [5.74, 6) is 0.294. The highest BCUT2D eigenvalue weighted by molar-refractivity contribution is 5.77. The molecule has 1 N–H and O–H groups in total. The van der Waals surface area contributed by atoms with Crippen molar-refractivity contribution < 1.29 is 9.90 Å². The molecule has 2 aliphatic carbocycles. The molecule has 1 aromatic rings. The van der Waals surface area contributed by atoms with Crippen molar-refractivity contribution in [2.24, 2.45) is 5.92 Å². The zero-order valence-electron chi connectivity index (χ0n) is 9.93. The van der Waals surface area contributed by atoms with E-state index in [0.717, 1.165) is 12.0 Å². The molecule has 0 aromatic heterocycles. The minimum Gasteiger partial charge on any atom is -0.481 e. The summed E-state index contributed by atoms with van der Waals surface area (Å²) in [6, 6.07) is 8.18. The molecule has 0 amide bonds. The van der Waals surface area contributed by atoms with E-state index in [2.05, 4.69) is 12.1 Å². The Hall–Kier alpha value is -1.31. The number of carboxylic acids is 1. The number of hydrogen-bond donors (Lipinski definition) is 1. The summed E-state index contributed by atoms with van der Waals surface area (Å²) in [5, 5.41) is 9.38. The van der Waals surface area contributed by atoms with Crippen molar-refractivity contribution in [1.82, 2.24) is 0 Å². The van der Waals surface area contributed by atoms with Gasteiger partial charge in [-0.1, -0.05) is 37.1 Å². The third-order valence-electron chi connectivity index (χ3n) is 4.52. The van der Waals surface area contributed by atoms with Gasteiger partial charge in [0.25, 0.3) is 0 Å². The van der Waals surface area contributed by atoms with Crippen molar-refractivity contribution >= 4 is 5.97 Å². The van der Waals surface area contributed by atoms with Gasteiger partial charge in [0.15, 0.2) is 0 Å². The third kappa shape index (κ3) is 1.76. The molecule has 0 spiro atoms. The van der Waals surface area contributed by atoms with E-state index in [9.17, 15) is 9.90 Å². The van der Waals surface area contributed by atoms with E-state index < -0.39 is 5.97 Å². The van der Waals surface area contributed by atoms with Crippen molar-refractivity contribution in [1.29, 1.82) is 0 Å². The second-order valence-electron chi connectivity index (χ2n) is 5.41. The van der Waals surface area contributed by atoms with Gasteiger partial charge in [-0.15, -0.1) is 0 Å². The van der Waals surface area contributed by atoms with E-state index >= 15 is 0 Å². The largest absolute Gasteiger partial charge is 0.481 e. The fourth-order valence-corrected chi connectivity index (χ4v) is 3.73. The van der Waals surface area contributed by atoms with Crippen LogP contribution in [0.1, 0.15) is 55.1 Å². The molecule has 3 atom stereocenters. The van der Waals surface area contributed by atoms with Gasteiger partial charge >= 0.3 is 5.97 Å². The molecule has 3 unspecified atom stereocenters. The standard InChI is InChI=1S/C15H18O2/c16-15(17)14-9-10-5-1-2-6-11(10)12-7-3-4-8-13(12)14/h3-4,7-8,10-11,14H,1-2,5-6,9H2,(H,16,17). The highest BCUT2D eigenvalue weighted by Crippen LogP contribution is 2.49. The van der Waals surface area contributed by atoms with Crippen LogP contribution in [-0.2, 0) is 4.79 Å². The Morgan fingerprint density at radius 2 is 1.82 bits per heavy atom. The Bertz CT molecular complexity index is 438. The zero-order valence-corrected chi connectivity index (χ0v) is 9.93. The number of carbonyl (C=O) groups is 1. The summed E-state index contributed by atoms with van der Waals surface area (Å²) in [6.45, 7) is 0. The molecule has 2 heteroatoms. The molecule has 0 radical (unpaired) electrons. The van der Waals surface area contributed by atoms with Gasteiger partial charge in [-0.05, 0) is 42.2 Å². The highest BCUT2D eigenvalue weighted by Gasteiger charge is 2.38. The SMILES string of the molecule is O=C(O)C1CC2CCCCC2c2ccccc21. The fourth-order valence-electron chi connectivity index (χ4n) is 3.73. The van der Waals surface area contributed by atoms with E-state index in [0.29, 0.717) is 11.8 Å². The molecule has 1 saturated carbocycles. The van der Waals surface area contributed by atoms with Gasteiger partial charge in [0.1, 0.15) is 0 Å². The van der Waals surface area contributed by atoms with Crippen LogP contribution in [0.5, 0.6) is 0 Å². The normalized spacial score (nSPS) is 31.4. The number of rotatable bonds is 1. The van der Waals surface area contributed by atoms with Crippen LogP contribution in [0.25, 0.3) is 0 Å². The van der Waals surface area contributed by atoms with Gasteiger partial charge in [-0.3, -0.25) is 4.79 Å². The van der Waals surface area contributed by atoms with Crippen LogP contribution in [0.15, 0.2) is 24.3 Å². The van der Waals surface area contributed by atoms with Crippen molar-refractivity contribution in [3.63, 3.8) is 0 Å². The smallest absolute Gasteiger partial charge is 0.310 e. The van der Waals surface area contributed by atoms with E-state index in [4.69, 9.17) is 0 Å². The molecular formula is C15H18O2. The fraction of sp³-hybridized carbons (Fsp3) is 0.533. The first-order valence-corrected chi connectivity index (χ1v) is 6.59. The second-order valence-corrected chi connectivity index (χ2v) is 5.41. The Balaban J connectivity index is 2.05. The molecule has 0 saturated heterocycles. The summed E-state index contributed by atoms with van der Waals surface area (Å²) < 4.78 is 0. The average molecular weight is 230 g/mol. The number of carboxylic acid groups (broad SMARTS) is 1. The zero-order chi connectivity index (χ0) is 11.8. The lowest BCUT2D eigenvalue weighted by Crippen LogP contribution is -2.29. The number of hydrogen-bond acceptors (Lipinski definition) is 1. The maximum atomic E-state index is 11.4. The molecule has 17 heavy (non-hydrogen) atoms. The van der Waals surface area contributed by atoms with Gasteiger partial charge in [0.05, 0.1) is 5.92 Å². The van der Waals surface area contributed by atoms with Gasteiger partial charge in [0.2, 0.25) is 0 Å². The van der Waals surface area contributed by atoms with E-state index in [1.54, 1.807) is 0 Å². The lowest BCUT2D eigenvalue weighted by atomic mass is 9.65. The van der Waals surface area contributed by atoms with E-state index in [1.165, 1.54) is 31.2 Å². The summed E-state index contributed by atoms with van der Waals surface area (Å²) in [6.07, 6.45) is 5.87. The van der Waals surface area contributed by atoms with Crippen LogP contribution in [-0.4, -0.2) is 11.1 Å². The van der Waals surface area contributed by atoms with Crippen LogP contribution in [0.3, 0.4) is 0 Å².